The third kappa shape index (κ3) is 18.9. The van der Waals surface area contributed by atoms with Crippen molar-refractivity contribution < 1.29 is 4.42 Å². The number of benzene rings is 23. The summed E-state index contributed by atoms with van der Waals surface area (Å²) in [5.74, 6) is 0. The summed E-state index contributed by atoms with van der Waals surface area (Å²) in [6.07, 6.45) is 0. The molecule has 0 aliphatic heterocycles. The number of nitrogens with zero attached hydrogens (tertiary/aromatic N) is 5. The number of para-hydroxylation sites is 8. The topological polar surface area (TPSA) is 32.7 Å². The van der Waals surface area contributed by atoms with E-state index in [0.717, 1.165) is 107 Å². The lowest BCUT2D eigenvalue weighted by Crippen LogP contribution is -2.10. The van der Waals surface area contributed by atoms with Crippen molar-refractivity contribution in [2.75, 3.05) is 14.7 Å². The second-order valence-electron chi connectivity index (χ2n) is 37.2. The minimum atomic E-state index is 0.871. The van der Waals surface area contributed by atoms with Crippen molar-refractivity contribution in [2.45, 2.75) is 0 Å². The molecule has 0 spiro atoms. The van der Waals surface area contributed by atoms with Crippen LogP contribution in [0.15, 0.2) is 629 Å². The first-order valence-electron chi connectivity index (χ1n) is 51.2. The Morgan fingerprint density at radius 3 is 0.740 bits per heavy atom. The summed E-state index contributed by atoms with van der Waals surface area (Å²) < 4.78 is 11.1. The first-order chi connectivity index (χ1) is 74.5. The normalized spacial score (nSPS) is 11.1. The van der Waals surface area contributed by atoms with Crippen LogP contribution in [-0.2, 0) is 0 Å². The second kappa shape index (κ2) is 42.9. The van der Waals surface area contributed by atoms with E-state index in [4.69, 9.17) is 4.42 Å². The molecule has 0 radical (unpaired) electrons. The van der Waals surface area contributed by atoms with E-state index in [1.165, 1.54) is 122 Å². The van der Waals surface area contributed by atoms with Gasteiger partial charge in [-0.1, -0.05) is 467 Å². The highest BCUT2D eigenvalue weighted by atomic mass is 16.3. The van der Waals surface area contributed by atoms with E-state index >= 15 is 0 Å². The van der Waals surface area contributed by atoms with E-state index in [9.17, 15) is 0 Å². The van der Waals surface area contributed by atoms with Gasteiger partial charge in [-0.2, -0.15) is 0 Å². The maximum absolute atomic E-state index is 6.33. The highest BCUT2D eigenvalue weighted by Gasteiger charge is 2.28. The fraction of sp³-hybridized carbons (Fsp3) is 0. The molecule has 0 bridgehead atoms. The third-order valence-electron chi connectivity index (χ3n) is 28.0. The smallest absolute Gasteiger partial charge is 0.137 e. The van der Waals surface area contributed by atoms with E-state index in [-0.39, 0.29) is 0 Å². The molecule has 26 aromatic rings. The molecule has 0 atom stereocenters. The fourth-order valence-electron chi connectivity index (χ4n) is 21.5. The van der Waals surface area contributed by atoms with Crippen LogP contribution >= 0.6 is 0 Å². The van der Waals surface area contributed by atoms with Gasteiger partial charge < -0.3 is 28.3 Å². The van der Waals surface area contributed by atoms with E-state index in [1.54, 1.807) is 0 Å². The number of aromatic nitrogens is 2. The van der Waals surface area contributed by atoms with Crippen molar-refractivity contribution in [1.82, 2.24) is 9.13 Å². The molecule has 0 amide bonds. The van der Waals surface area contributed by atoms with E-state index in [2.05, 4.69) is 637 Å². The Labute approximate surface area is 875 Å². The second-order valence-corrected chi connectivity index (χ2v) is 37.2. The Kier molecular flexibility index (Phi) is 26.5. The van der Waals surface area contributed by atoms with E-state index in [1.807, 2.05) is 12.1 Å². The van der Waals surface area contributed by atoms with Gasteiger partial charge >= 0.3 is 0 Å². The molecule has 3 heterocycles. The standard InChI is InChI=1S/2C50H36N2.C44H31NO/c1-6-19-37(20-7-1)49(38-21-8-2-9-22-38)50(39-23-10-3-11-24-39)40-25-18-30-43(35-40)51(41-26-12-4-13-27-41)44-33-34-48-46(36-44)45-31-16-17-32-47(45)52(48)42-28-14-5-15-29-42;1-6-19-37(20-7-1)49(38-21-8-2-9-22-38)50(39-23-10-3-11-24-39)40-25-18-30-43(35-40)51(41-26-12-4-13-27-41)44-33-34-46-45-31-16-17-32-47(45)52(48(46)36-44)42-28-14-5-15-29-42;1-5-17-32(18-6-1)42(33-19-7-2-8-20-33)43(34-21-9-3-10-22-34)35-23-15-26-37(31-35)45(36-24-11-4-12-25-36)39-28-16-30-41-44(39)38-27-13-14-29-40(38)46-41/h2*1-36H;1-31H. The molecule has 150 heavy (non-hydrogen) atoms. The highest BCUT2D eigenvalue weighted by Crippen LogP contribution is 2.50. The van der Waals surface area contributed by atoms with Crippen LogP contribution in [0, 0.1) is 0 Å². The Hall–Kier alpha value is -19.9. The van der Waals surface area contributed by atoms with Gasteiger partial charge in [0, 0.05) is 83.8 Å². The largest absolute Gasteiger partial charge is 0.456 e. The van der Waals surface area contributed by atoms with Gasteiger partial charge in [0.25, 0.3) is 0 Å². The molecular weight excluding hydrogens is 1820 g/mol. The van der Waals surface area contributed by atoms with Gasteiger partial charge in [0.15, 0.2) is 0 Å². The summed E-state index contributed by atoms with van der Waals surface area (Å²) in [6, 6.07) is 223. The number of hydrogen-bond acceptors (Lipinski definition) is 4. The Bertz CT molecular complexity index is 9160. The van der Waals surface area contributed by atoms with E-state index in [0.29, 0.717) is 0 Å². The number of anilines is 9. The average Bonchev–Trinajstić information content (AvgIpc) is 1.58. The quantitative estimate of drug-likeness (QED) is 0.0598. The predicted molar refractivity (Wildman–Crippen MR) is 632 cm³/mol. The first kappa shape index (κ1) is 92.5. The van der Waals surface area contributed by atoms with Crippen molar-refractivity contribution in [1.29, 1.82) is 0 Å². The lowest BCUT2D eigenvalue weighted by atomic mass is 9.85. The average molecular weight is 1920 g/mol. The number of rotatable bonds is 23. The molecule has 3 aromatic heterocycles. The van der Waals surface area contributed by atoms with Crippen LogP contribution in [0.2, 0.25) is 0 Å². The maximum Gasteiger partial charge on any atom is 0.137 e. The molecule has 6 nitrogen and oxygen atoms in total. The van der Waals surface area contributed by atoms with Gasteiger partial charge in [-0.05, 0) is 258 Å². The molecule has 6 heteroatoms. The summed E-state index contributed by atoms with van der Waals surface area (Å²) >= 11 is 0. The van der Waals surface area contributed by atoms with Crippen LogP contribution in [0.25, 0.3) is 110 Å². The van der Waals surface area contributed by atoms with E-state index < -0.39 is 0 Å². The van der Waals surface area contributed by atoms with Gasteiger partial charge in [0.2, 0.25) is 0 Å². The van der Waals surface area contributed by atoms with Crippen LogP contribution < -0.4 is 14.7 Å². The van der Waals surface area contributed by atoms with Gasteiger partial charge in [-0.3, -0.25) is 0 Å². The van der Waals surface area contributed by atoms with Crippen LogP contribution in [-0.4, -0.2) is 9.13 Å². The van der Waals surface area contributed by atoms with Crippen molar-refractivity contribution >= 4 is 150 Å². The minimum absolute atomic E-state index is 0.871. The van der Waals surface area contributed by atoms with Crippen LogP contribution in [0.3, 0.4) is 0 Å². The molecule has 23 aromatic carbocycles. The van der Waals surface area contributed by atoms with Gasteiger partial charge in [0.05, 0.1) is 33.1 Å². The molecule has 0 fully saturated rings. The Morgan fingerprint density at radius 2 is 0.373 bits per heavy atom. The summed E-state index contributed by atoms with van der Waals surface area (Å²) in [5, 5.41) is 7.12. The molecule has 710 valence electrons. The van der Waals surface area contributed by atoms with Crippen molar-refractivity contribution in [3.8, 4) is 11.4 Å². The van der Waals surface area contributed by atoms with Gasteiger partial charge in [-0.15, -0.1) is 0 Å². The van der Waals surface area contributed by atoms with Crippen molar-refractivity contribution in [2.24, 2.45) is 0 Å². The number of fused-ring (bicyclic) bond motifs is 9. The zero-order valence-corrected chi connectivity index (χ0v) is 82.6. The van der Waals surface area contributed by atoms with Crippen LogP contribution in [0.1, 0.15) is 66.8 Å². The predicted octanol–water partition coefficient (Wildman–Crippen LogP) is 38.6. The number of hydrogen-bond donors (Lipinski definition) is 0. The summed E-state index contributed by atoms with van der Waals surface area (Å²) in [4.78, 5) is 7.11. The SMILES string of the molecule is c1ccc(C(=C(c2ccccc2)c2cccc(N(c3ccccc3)c3ccc4c(c3)c3ccccc3n4-c3ccccc3)c2)c2ccccc2)cc1.c1ccc(C(=C(c2ccccc2)c2cccc(N(c3ccccc3)c3ccc4c5ccccc5n(-c5ccccc5)c4c3)c2)c2ccccc2)cc1.c1ccc(C(=C(c2ccccc2)c2cccc(N(c3ccccc3)c3cccc4oc5ccccc5c34)c2)c2ccccc2)cc1. The molecule has 0 aliphatic carbocycles. The molecule has 26 rings (SSSR count). The third-order valence-corrected chi connectivity index (χ3v) is 28.0. The zero-order chi connectivity index (χ0) is 100. The number of furan rings is 1. The summed E-state index contributed by atoms with van der Waals surface area (Å²) in [5.41, 5.74) is 39.7. The molecule has 0 unspecified atom stereocenters. The lowest BCUT2D eigenvalue weighted by Gasteiger charge is -2.27. The van der Waals surface area contributed by atoms with Crippen molar-refractivity contribution in [3.05, 3.63) is 692 Å². The summed E-state index contributed by atoms with van der Waals surface area (Å²) in [7, 11) is 0. The minimum Gasteiger partial charge on any atom is -0.456 e. The van der Waals surface area contributed by atoms with Gasteiger partial charge in [-0.25, -0.2) is 0 Å². The van der Waals surface area contributed by atoms with Crippen LogP contribution in [0.5, 0.6) is 0 Å². The molecule has 0 saturated carbocycles. The molecule has 0 saturated heterocycles. The Balaban J connectivity index is 0.000000120. The summed E-state index contributed by atoms with van der Waals surface area (Å²) in [6.45, 7) is 0. The van der Waals surface area contributed by atoms with Crippen molar-refractivity contribution in [3.63, 3.8) is 0 Å². The lowest BCUT2D eigenvalue weighted by molar-refractivity contribution is 0.669. The first-order valence-corrected chi connectivity index (χ1v) is 51.2. The molecule has 0 N–H and O–H groups in total. The van der Waals surface area contributed by atoms with Crippen LogP contribution in [0.4, 0.5) is 51.2 Å². The zero-order valence-electron chi connectivity index (χ0n) is 82.6. The highest BCUT2D eigenvalue weighted by molar-refractivity contribution is 6.16. The Morgan fingerprint density at radius 1 is 0.140 bits per heavy atom. The molecule has 0 aliphatic rings. The maximum atomic E-state index is 6.33. The monoisotopic (exact) mass is 1920 g/mol. The fourth-order valence-corrected chi connectivity index (χ4v) is 21.5. The molecular formula is C144H103N5O. The van der Waals surface area contributed by atoms with Gasteiger partial charge in [0.1, 0.15) is 11.2 Å².